The lowest BCUT2D eigenvalue weighted by Gasteiger charge is -2.07. The molecule has 2 nitrogen and oxygen atoms in total. The molecule has 0 aromatic carbocycles. The molecule has 0 aliphatic rings. The first-order valence-corrected chi connectivity index (χ1v) is 5.36. The second-order valence-electron chi connectivity index (χ2n) is 3.91. The maximum atomic E-state index is 5.73. The highest BCUT2D eigenvalue weighted by Gasteiger charge is 1.93. The zero-order valence-electron chi connectivity index (χ0n) is 9.27. The molecule has 0 radical (unpaired) electrons. The molecule has 0 aliphatic heterocycles. The third kappa shape index (κ3) is 9.25. The second-order valence-corrected chi connectivity index (χ2v) is 3.91. The average molecular weight is 184 g/mol. The summed E-state index contributed by atoms with van der Waals surface area (Å²) >= 11 is 0. The molecule has 0 heterocycles. The van der Waals surface area contributed by atoms with Gasteiger partial charge >= 0.3 is 0 Å². The summed E-state index contributed by atoms with van der Waals surface area (Å²) < 4.78 is 0. The van der Waals surface area contributed by atoms with Gasteiger partial charge in [-0.05, 0) is 31.3 Å². The van der Waals surface area contributed by atoms with Gasteiger partial charge in [-0.1, -0.05) is 27.2 Å². The van der Waals surface area contributed by atoms with E-state index in [1.165, 1.54) is 12.8 Å². The highest BCUT2D eigenvalue weighted by molar-refractivity contribution is 4.92. The van der Waals surface area contributed by atoms with Gasteiger partial charge in [0, 0.05) is 6.54 Å². The molecule has 3 N–H and O–H groups in total. The Morgan fingerprint density at radius 1 is 1.46 bits per heavy atom. The Bertz CT molecular complexity index is 139. The van der Waals surface area contributed by atoms with Crippen molar-refractivity contribution >= 4 is 0 Å². The van der Waals surface area contributed by atoms with Gasteiger partial charge in [-0.15, -0.1) is 0 Å². The SMILES string of the molecule is CCC/C=C(\N)NCCCC(C)C. The van der Waals surface area contributed by atoms with Crippen LogP contribution in [0.4, 0.5) is 0 Å². The molecule has 0 atom stereocenters. The van der Waals surface area contributed by atoms with Gasteiger partial charge in [0.1, 0.15) is 0 Å². The zero-order valence-corrected chi connectivity index (χ0v) is 9.27. The first-order chi connectivity index (χ1) is 6.16. The van der Waals surface area contributed by atoms with Crippen molar-refractivity contribution < 1.29 is 0 Å². The molecule has 13 heavy (non-hydrogen) atoms. The quantitative estimate of drug-likeness (QED) is 0.597. The predicted octanol–water partition coefficient (Wildman–Crippen LogP) is 2.61. The number of nitrogens with one attached hydrogen (secondary N) is 1. The van der Waals surface area contributed by atoms with E-state index < -0.39 is 0 Å². The molecule has 0 spiro atoms. The minimum absolute atomic E-state index is 0.794. The molecule has 78 valence electrons. The fourth-order valence-corrected chi connectivity index (χ4v) is 1.12. The number of rotatable bonds is 7. The van der Waals surface area contributed by atoms with Crippen molar-refractivity contribution in [3.05, 3.63) is 11.9 Å². The molecule has 2 heteroatoms. The van der Waals surface area contributed by atoms with Crippen molar-refractivity contribution in [1.82, 2.24) is 5.32 Å². The van der Waals surface area contributed by atoms with Gasteiger partial charge in [-0.3, -0.25) is 0 Å². The Kier molecular flexibility index (Phi) is 7.56. The first kappa shape index (κ1) is 12.3. The van der Waals surface area contributed by atoms with E-state index in [-0.39, 0.29) is 0 Å². The predicted molar refractivity (Wildman–Crippen MR) is 59.3 cm³/mol. The van der Waals surface area contributed by atoms with Crippen LogP contribution in [0.1, 0.15) is 46.5 Å². The van der Waals surface area contributed by atoms with Crippen LogP contribution in [0, 0.1) is 5.92 Å². The smallest absolute Gasteiger partial charge is 0.0918 e. The van der Waals surface area contributed by atoms with Gasteiger partial charge in [0.2, 0.25) is 0 Å². The maximum absolute atomic E-state index is 5.73. The molecule has 0 aromatic heterocycles. The van der Waals surface area contributed by atoms with Crippen LogP contribution < -0.4 is 11.1 Å². The Morgan fingerprint density at radius 3 is 2.69 bits per heavy atom. The van der Waals surface area contributed by atoms with Gasteiger partial charge in [0.25, 0.3) is 0 Å². The van der Waals surface area contributed by atoms with E-state index in [2.05, 4.69) is 32.2 Å². The van der Waals surface area contributed by atoms with Crippen LogP contribution in [0.2, 0.25) is 0 Å². The molecule has 0 amide bonds. The molecule has 0 unspecified atom stereocenters. The number of hydrogen-bond acceptors (Lipinski definition) is 2. The second kappa shape index (κ2) is 7.96. The molecule has 0 aromatic rings. The summed E-state index contributed by atoms with van der Waals surface area (Å²) in [4.78, 5) is 0. The summed E-state index contributed by atoms with van der Waals surface area (Å²) in [5.74, 6) is 1.63. The normalized spacial score (nSPS) is 12.2. The van der Waals surface area contributed by atoms with Crippen LogP contribution in [-0.4, -0.2) is 6.54 Å². The summed E-state index contributed by atoms with van der Waals surface area (Å²) in [7, 11) is 0. The maximum Gasteiger partial charge on any atom is 0.0918 e. The topological polar surface area (TPSA) is 38.0 Å². The van der Waals surface area contributed by atoms with Gasteiger partial charge < -0.3 is 11.1 Å². The largest absolute Gasteiger partial charge is 0.386 e. The minimum Gasteiger partial charge on any atom is -0.386 e. The summed E-state index contributed by atoms with van der Waals surface area (Å²) in [5.41, 5.74) is 5.73. The summed E-state index contributed by atoms with van der Waals surface area (Å²) in [6.45, 7) is 7.65. The summed E-state index contributed by atoms with van der Waals surface area (Å²) in [6, 6.07) is 0. The van der Waals surface area contributed by atoms with E-state index in [1.807, 2.05) is 0 Å². The molecular formula is C11H24N2. The molecule has 0 aliphatic carbocycles. The van der Waals surface area contributed by atoms with Crippen molar-refractivity contribution in [2.75, 3.05) is 6.54 Å². The minimum atomic E-state index is 0.794. The van der Waals surface area contributed by atoms with Crippen LogP contribution in [-0.2, 0) is 0 Å². The number of hydrogen-bond donors (Lipinski definition) is 2. The van der Waals surface area contributed by atoms with Gasteiger partial charge in [0.15, 0.2) is 0 Å². The van der Waals surface area contributed by atoms with E-state index in [0.29, 0.717) is 0 Å². The van der Waals surface area contributed by atoms with Crippen molar-refractivity contribution in [3.63, 3.8) is 0 Å². The lowest BCUT2D eigenvalue weighted by Crippen LogP contribution is -2.21. The zero-order chi connectivity index (χ0) is 10.1. The monoisotopic (exact) mass is 184 g/mol. The number of allylic oxidation sites excluding steroid dienone is 1. The van der Waals surface area contributed by atoms with E-state index in [1.54, 1.807) is 0 Å². The van der Waals surface area contributed by atoms with E-state index >= 15 is 0 Å². The van der Waals surface area contributed by atoms with Crippen LogP contribution in [0.5, 0.6) is 0 Å². The van der Waals surface area contributed by atoms with E-state index in [9.17, 15) is 0 Å². The van der Waals surface area contributed by atoms with Crippen molar-refractivity contribution in [3.8, 4) is 0 Å². The highest BCUT2D eigenvalue weighted by Crippen LogP contribution is 2.02. The van der Waals surface area contributed by atoms with E-state index in [0.717, 1.165) is 31.1 Å². The van der Waals surface area contributed by atoms with Gasteiger partial charge in [0.05, 0.1) is 5.82 Å². The third-order valence-corrected chi connectivity index (χ3v) is 1.94. The Hall–Kier alpha value is -0.660. The molecular weight excluding hydrogens is 160 g/mol. The third-order valence-electron chi connectivity index (χ3n) is 1.94. The average Bonchev–Trinajstić information content (AvgIpc) is 2.08. The van der Waals surface area contributed by atoms with Gasteiger partial charge in [-0.2, -0.15) is 0 Å². The van der Waals surface area contributed by atoms with Crippen molar-refractivity contribution in [2.24, 2.45) is 11.7 Å². The molecule has 0 saturated carbocycles. The Labute approximate surface area is 82.6 Å². The molecule has 0 saturated heterocycles. The number of nitrogens with two attached hydrogens (primary N) is 1. The fraction of sp³-hybridized carbons (Fsp3) is 0.818. The summed E-state index contributed by atoms with van der Waals surface area (Å²) in [6.07, 6.45) is 6.78. The van der Waals surface area contributed by atoms with Crippen LogP contribution in [0.3, 0.4) is 0 Å². The molecule has 0 fully saturated rings. The fourth-order valence-electron chi connectivity index (χ4n) is 1.12. The van der Waals surface area contributed by atoms with Crippen LogP contribution in [0.25, 0.3) is 0 Å². The Morgan fingerprint density at radius 2 is 2.15 bits per heavy atom. The summed E-state index contributed by atoms with van der Waals surface area (Å²) in [5, 5.41) is 3.21. The van der Waals surface area contributed by atoms with Gasteiger partial charge in [-0.25, -0.2) is 0 Å². The lowest BCUT2D eigenvalue weighted by molar-refractivity contribution is 0.542. The Balaban J connectivity index is 3.31. The molecule has 0 bridgehead atoms. The standard InChI is InChI=1S/C11H24N2/c1-4-5-8-11(12)13-9-6-7-10(2)3/h8,10,13H,4-7,9,12H2,1-3H3/b11-8+. The number of unbranched alkanes of at least 4 members (excludes halogenated alkanes) is 1. The van der Waals surface area contributed by atoms with Crippen molar-refractivity contribution in [2.45, 2.75) is 46.5 Å². The highest BCUT2D eigenvalue weighted by atomic mass is 15.0. The van der Waals surface area contributed by atoms with Crippen LogP contribution in [0.15, 0.2) is 11.9 Å². The molecule has 0 rings (SSSR count). The van der Waals surface area contributed by atoms with Crippen LogP contribution >= 0.6 is 0 Å². The van der Waals surface area contributed by atoms with Crippen molar-refractivity contribution in [1.29, 1.82) is 0 Å². The van der Waals surface area contributed by atoms with E-state index in [4.69, 9.17) is 5.73 Å². The first-order valence-electron chi connectivity index (χ1n) is 5.36. The lowest BCUT2D eigenvalue weighted by atomic mass is 10.1.